The summed E-state index contributed by atoms with van der Waals surface area (Å²) in [5, 5.41) is 9.00. The highest BCUT2D eigenvalue weighted by Gasteiger charge is 2.27. The molecule has 0 spiro atoms. The Labute approximate surface area is 119 Å². The molecule has 6 nitrogen and oxygen atoms in total. The second-order valence-corrected chi connectivity index (χ2v) is 6.90. The summed E-state index contributed by atoms with van der Waals surface area (Å²) >= 11 is 0. The molecule has 2 rings (SSSR count). The molecule has 20 heavy (non-hydrogen) atoms. The van der Waals surface area contributed by atoms with Crippen LogP contribution in [0.4, 0.5) is 11.4 Å². The van der Waals surface area contributed by atoms with Gasteiger partial charge in [0.25, 0.3) is 0 Å². The van der Waals surface area contributed by atoms with E-state index in [-0.39, 0.29) is 11.5 Å². The molecule has 0 aliphatic carbocycles. The molecule has 1 aliphatic rings. The summed E-state index contributed by atoms with van der Waals surface area (Å²) in [6.45, 7) is 1.72. The van der Waals surface area contributed by atoms with Crippen LogP contribution in [-0.4, -0.2) is 40.3 Å². The zero-order chi connectivity index (χ0) is 14.8. The second-order valence-electron chi connectivity index (χ2n) is 5.05. The van der Waals surface area contributed by atoms with E-state index in [0.29, 0.717) is 17.3 Å². The Hall–Kier alpha value is -1.31. The van der Waals surface area contributed by atoms with Crippen LogP contribution in [-0.2, 0) is 10.0 Å². The highest BCUT2D eigenvalue weighted by Crippen LogP contribution is 2.32. The van der Waals surface area contributed by atoms with Crippen molar-refractivity contribution < 1.29 is 13.5 Å². The Kier molecular flexibility index (Phi) is 4.52. The lowest BCUT2D eigenvalue weighted by Gasteiger charge is -2.22. The lowest BCUT2D eigenvalue weighted by atomic mass is 10.1. The van der Waals surface area contributed by atoms with Gasteiger partial charge in [0.15, 0.2) is 0 Å². The van der Waals surface area contributed by atoms with Gasteiger partial charge in [-0.15, -0.1) is 0 Å². The summed E-state index contributed by atoms with van der Waals surface area (Å²) in [5.74, 6) is 0.405. The van der Waals surface area contributed by atoms with Crippen LogP contribution in [0.2, 0.25) is 0 Å². The standard InChI is InChI=1S/C13H21N3O3S/c1-15-20(18,19)13-8-11(14)2-3-12(13)16-6-4-10(9-16)5-7-17/h2-3,8,10,15,17H,4-7,9,14H2,1H3. The fourth-order valence-electron chi connectivity index (χ4n) is 2.59. The van der Waals surface area contributed by atoms with E-state index in [2.05, 4.69) is 4.72 Å². The third kappa shape index (κ3) is 3.05. The Balaban J connectivity index is 2.33. The Morgan fingerprint density at radius 2 is 2.25 bits per heavy atom. The Morgan fingerprint density at radius 1 is 1.50 bits per heavy atom. The number of sulfonamides is 1. The SMILES string of the molecule is CNS(=O)(=O)c1cc(N)ccc1N1CCC(CCO)C1. The third-order valence-electron chi connectivity index (χ3n) is 3.71. The van der Waals surface area contributed by atoms with Crippen LogP contribution >= 0.6 is 0 Å². The van der Waals surface area contributed by atoms with Gasteiger partial charge in [-0.2, -0.15) is 0 Å². The van der Waals surface area contributed by atoms with Crippen LogP contribution in [0.3, 0.4) is 0 Å². The minimum absolute atomic E-state index is 0.169. The van der Waals surface area contributed by atoms with Crippen LogP contribution in [0.25, 0.3) is 0 Å². The van der Waals surface area contributed by atoms with E-state index in [4.69, 9.17) is 10.8 Å². The quantitative estimate of drug-likeness (QED) is 0.683. The molecule has 1 aliphatic heterocycles. The maximum atomic E-state index is 12.1. The van der Waals surface area contributed by atoms with Crippen LogP contribution in [0.15, 0.2) is 23.1 Å². The number of nitrogens with zero attached hydrogens (tertiary/aromatic N) is 1. The molecule has 1 aromatic carbocycles. The van der Waals surface area contributed by atoms with E-state index in [9.17, 15) is 8.42 Å². The van der Waals surface area contributed by atoms with E-state index >= 15 is 0 Å². The number of hydrogen-bond acceptors (Lipinski definition) is 5. The van der Waals surface area contributed by atoms with Crippen molar-refractivity contribution in [3.05, 3.63) is 18.2 Å². The van der Waals surface area contributed by atoms with E-state index < -0.39 is 10.0 Å². The maximum absolute atomic E-state index is 12.1. The molecule has 7 heteroatoms. The Morgan fingerprint density at radius 3 is 2.90 bits per heavy atom. The first-order chi connectivity index (χ1) is 9.47. The predicted molar refractivity (Wildman–Crippen MR) is 79.1 cm³/mol. The molecule has 0 aromatic heterocycles. The molecular formula is C13H21N3O3S. The summed E-state index contributed by atoms with van der Waals surface area (Å²) in [7, 11) is -2.15. The molecule has 4 N–H and O–H groups in total. The monoisotopic (exact) mass is 299 g/mol. The molecule has 112 valence electrons. The number of nitrogens with one attached hydrogen (secondary N) is 1. The molecule has 1 aromatic rings. The lowest BCUT2D eigenvalue weighted by Crippen LogP contribution is -2.26. The van der Waals surface area contributed by atoms with Crippen LogP contribution < -0.4 is 15.4 Å². The molecular weight excluding hydrogens is 278 g/mol. The number of nitrogens with two attached hydrogens (primary N) is 1. The molecule has 0 saturated carbocycles. The lowest BCUT2D eigenvalue weighted by molar-refractivity contribution is 0.263. The van der Waals surface area contributed by atoms with Gasteiger partial charge in [0, 0.05) is 25.4 Å². The Bertz CT molecular complexity index is 574. The van der Waals surface area contributed by atoms with Crippen molar-refractivity contribution in [2.24, 2.45) is 5.92 Å². The zero-order valence-corrected chi connectivity index (χ0v) is 12.4. The molecule has 1 fully saturated rings. The number of rotatable bonds is 5. The largest absolute Gasteiger partial charge is 0.399 e. The number of hydrogen-bond donors (Lipinski definition) is 3. The van der Waals surface area contributed by atoms with Gasteiger partial charge in [-0.1, -0.05) is 0 Å². The number of nitrogen functional groups attached to an aromatic ring is 1. The van der Waals surface area contributed by atoms with Gasteiger partial charge >= 0.3 is 0 Å². The van der Waals surface area contributed by atoms with Gasteiger partial charge in [-0.25, -0.2) is 13.1 Å². The van der Waals surface area contributed by atoms with Crippen LogP contribution in [0.5, 0.6) is 0 Å². The van der Waals surface area contributed by atoms with Crippen molar-refractivity contribution in [3.8, 4) is 0 Å². The van der Waals surface area contributed by atoms with Crippen LogP contribution in [0, 0.1) is 5.92 Å². The van der Waals surface area contributed by atoms with Gasteiger partial charge < -0.3 is 15.7 Å². The average Bonchev–Trinajstić information content (AvgIpc) is 2.87. The van der Waals surface area contributed by atoms with Crippen molar-refractivity contribution in [1.82, 2.24) is 4.72 Å². The van der Waals surface area contributed by atoms with Crippen molar-refractivity contribution in [1.29, 1.82) is 0 Å². The normalized spacial score (nSPS) is 19.5. The maximum Gasteiger partial charge on any atom is 0.242 e. The zero-order valence-electron chi connectivity index (χ0n) is 11.5. The first-order valence-electron chi connectivity index (χ1n) is 6.67. The fraction of sp³-hybridized carbons (Fsp3) is 0.538. The molecule has 1 heterocycles. The van der Waals surface area contributed by atoms with Crippen LogP contribution in [0.1, 0.15) is 12.8 Å². The van der Waals surface area contributed by atoms with Gasteiger partial charge in [-0.05, 0) is 44.0 Å². The first-order valence-corrected chi connectivity index (χ1v) is 8.15. The van der Waals surface area contributed by atoms with E-state index in [1.165, 1.54) is 13.1 Å². The van der Waals surface area contributed by atoms with E-state index in [1.807, 2.05) is 4.90 Å². The summed E-state index contributed by atoms with van der Waals surface area (Å²) in [5.41, 5.74) is 6.81. The van der Waals surface area contributed by atoms with Gasteiger partial charge in [0.1, 0.15) is 4.90 Å². The minimum Gasteiger partial charge on any atom is -0.399 e. The van der Waals surface area contributed by atoms with Crippen molar-refractivity contribution in [3.63, 3.8) is 0 Å². The molecule has 0 bridgehead atoms. The predicted octanol–water partition coefficient (Wildman–Crippen LogP) is 0.386. The van der Waals surface area contributed by atoms with Gasteiger partial charge in [0.2, 0.25) is 10.0 Å². The van der Waals surface area contributed by atoms with Gasteiger partial charge in [-0.3, -0.25) is 0 Å². The number of benzene rings is 1. The van der Waals surface area contributed by atoms with Crippen molar-refractivity contribution in [2.45, 2.75) is 17.7 Å². The minimum atomic E-state index is -3.54. The van der Waals surface area contributed by atoms with Crippen molar-refractivity contribution >= 4 is 21.4 Å². The fourth-order valence-corrected chi connectivity index (χ4v) is 3.57. The summed E-state index contributed by atoms with van der Waals surface area (Å²) < 4.78 is 26.5. The van der Waals surface area contributed by atoms with E-state index in [1.54, 1.807) is 12.1 Å². The first kappa shape index (κ1) is 15.1. The highest BCUT2D eigenvalue weighted by atomic mass is 32.2. The molecule has 1 unspecified atom stereocenters. The average molecular weight is 299 g/mol. The molecule has 1 atom stereocenters. The third-order valence-corrected chi connectivity index (χ3v) is 5.15. The molecule has 1 saturated heterocycles. The smallest absolute Gasteiger partial charge is 0.242 e. The number of aliphatic hydroxyl groups excluding tert-OH is 1. The summed E-state index contributed by atoms with van der Waals surface area (Å²) in [4.78, 5) is 2.26. The highest BCUT2D eigenvalue weighted by molar-refractivity contribution is 7.89. The van der Waals surface area contributed by atoms with Crippen molar-refractivity contribution in [2.75, 3.05) is 37.4 Å². The summed E-state index contributed by atoms with van der Waals surface area (Å²) in [6.07, 6.45) is 1.71. The summed E-state index contributed by atoms with van der Waals surface area (Å²) in [6, 6.07) is 4.95. The second kappa shape index (κ2) is 5.99. The number of anilines is 2. The van der Waals surface area contributed by atoms with E-state index in [0.717, 1.165) is 25.9 Å². The topological polar surface area (TPSA) is 95.7 Å². The molecule has 0 amide bonds. The molecule has 0 radical (unpaired) electrons. The number of aliphatic hydroxyl groups is 1. The van der Waals surface area contributed by atoms with Gasteiger partial charge in [0.05, 0.1) is 5.69 Å².